The lowest BCUT2D eigenvalue weighted by Gasteiger charge is -2.25. The number of carbonyl (C=O) groups excluding carboxylic acids is 1. The lowest BCUT2D eigenvalue weighted by molar-refractivity contribution is 0.100. The topological polar surface area (TPSA) is 72.3 Å². The summed E-state index contributed by atoms with van der Waals surface area (Å²) >= 11 is 0. The number of nitrogens with zero attached hydrogens (tertiary/aromatic N) is 1. The number of anilines is 2. The van der Waals surface area contributed by atoms with Crippen molar-refractivity contribution in [3.63, 3.8) is 0 Å². The maximum Gasteiger partial charge on any atom is 0.250 e. The highest BCUT2D eigenvalue weighted by atomic mass is 16.1. The Labute approximate surface area is 108 Å². The number of nitrogen functional groups attached to an aromatic ring is 1. The van der Waals surface area contributed by atoms with Gasteiger partial charge in [0, 0.05) is 19.3 Å². The Morgan fingerprint density at radius 1 is 1.39 bits per heavy atom. The van der Waals surface area contributed by atoms with Crippen LogP contribution in [0, 0.1) is 5.92 Å². The van der Waals surface area contributed by atoms with Crippen molar-refractivity contribution in [3.8, 4) is 0 Å². The van der Waals surface area contributed by atoms with Gasteiger partial charge in [0.05, 0.1) is 11.3 Å². The lowest BCUT2D eigenvalue weighted by atomic mass is 10.1. The van der Waals surface area contributed by atoms with E-state index in [0.717, 1.165) is 18.2 Å². The average Bonchev–Trinajstić information content (AvgIpc) is 2.81. The molecule has 4 N–H and O–H groups in total. The van der Waals surface area contributed by atoms with Crippen LogP contribution in [0.3, 0.4) is 0 Å². The van der Waals surface area contributed by atoms with E-state index in [4.69, 9.17) is 11.5 Å². The van der Waals surface area contributed by atoms with Crippen LogP contribution in [-0.4, -0.2) is 19.5 Å². The quantitative estimate of drug-likeness (QED) is 0.799. The highest BCUT2D eigenvalue weighted by Gasteiger charge is 2.19. The third-order valence-electron chi connectivity index (χ3n) is 3.71. The lowest BCUT2D eigenvalue weighted by Crippen LogP contribution is -2.27. The fourth-order valence-corrected chi connectivity index (χ4v) is 2.75. The Balaban J connectivity index is 2.19. The molecule has 0 atom stereocenters. The van der Waals surface area contributed by atoms with Crippen molar-refractivity contribution in [1.29, 1.82) is 0 Å². The molecule has 1 aromatic rings. The van der Waals surface area contributed by atoms with E-state index in [-0.39, 0.29) is 0 Å². The molecule has 4 nitrogen and oxygen atoms in total. The molecule has 98 valence electrons. The minimum absolute atomic E-state index is 0.400. The van der Waals surface area contributed by atoms with E-state index in [1.807, 2.05) is 13.1 Å². The van der Waals surface area contributed by atoms with Gasteiger partial charge >= 0.3 is 0 Å². The first kappa shape index (κ1) is 12.7. The number of hydrogen-bond donors (Lipinski definition) is 2. The molecule has 4 heteroatoms. The summed E-state index contributed by atoms with van der Waals surface area (Å²) in [5.74, 6) is 0.320. The number of nitrogens with two attached hydrogens (primary N) is 2. The molecule has 1 saturated carbocycles. The van der Waals surface area contributed by atoms with Gasteiger partial charge in [0.25, 0.3) is 5.91 Å². The monoisotopic (exact) mass is 247 g/mol. The zero-order chi connectivity index (χ0) is 13.1. The SMILES string of the molecule is CN(CC1CCCC1)c1cc(N)ccc1C(N)=O. The molecule has 0 bridgehead atoms. The van der Waals surface area contributed by atoms with Gasteiger partial charge in [0.2, 0.25) is 0 Å². The van der Waals surface area contributed by atoms with Crippen LogP contribution in [0.5, 0.6) is 0 Å². The molecular weight excluding hydrogens is 226 g/mol. The fraction of sp³-hybridized carbons (Fsp3) is 0.500. The number of benzene rings is 1. The van der Waals surface area contributed by atoms with Gasteiger partial charge in [0.15, 0.2) is 0 Å². The van der Waals surface area contributed by atoms with Gasteiger partial charge in [-0.15, -0.1) is 0 Å². The molecule has 1 aliphatic rings. The smallest absolute Gasteiger partial charge is 0.250 e. The van der Waals surface area contributed by atoms with Crippen LogP contribution >= 0.6 is 0 Å². The van der Waals surface area contributed by atoms with Crippen LogP contribution in [0.25, 0.3) is 0 Å². The minimum Gasteiger partial charge on any atom is -0.399 e. The Bertz CT molecular complexity index is 439. The molecule has 0 aromatic heterocycles. The largest absolute Gasteiger partial charge is 0.399 e. The molecule has 0 radical (unpaired) electrons. The highest BCUT2D eigenvalue weighted by Crippen LogP contribution is 2.29. The van der Waals surface area contributed by atoms with Gasteiger partial charge < -0.3 is 16.4 Å². The number of rotatable bonds is 4. The average molecular weight is 247 g/mol. The van der Waals surface area contributed by atoms with Crippen molar-refractivity contribution in [2.24, 2.45) is 11.7 Å². The van der Waals surface area contributed by atoms with E-state index in [2.05, 4.69) is 4.90 Å². The number of carbonyl (C=O) groups is 1. The Kier molecular flexibility index (Phi) is 3.75. The zero-order valence-corrected chi connectivity index (χ0v) is 10.9. The van der Waals surface area contributed by atoms with Gasteiger partial charge in [-0.25, -0.2) is 0 Å². The van der Waals surface area contributed by atoms with E-state index < -0.39 is 5.91 Å². The first-order valence-corrected chi connectivity index (χ1v) is 6.48. The Morgan fingerprint density at radius 2 is 2.06 bits per heavy atom. The maximum atomic E-state index is 11.4. The van der Waals surface area contributed by atoms with Crippen LogP contribution < -0.4 is 16.4 Å². The summed E-state index contributed by atoms with van der Waals surface area (Å²) < 4.78 is 0. The summed E-state index contributed by atoms with van der Waals surface area (Å²) in [6, 6.07) is 5.25. The molecular formula is C14H21N3O. The van der Waals surface area contributed by atoms with Gasteiger partial charge in [-0.1, -0.05) is 12.8 Å². The summed E-state index contributed by atoms with van der Waals surface area (Å²) in [5, 5.41) is 0. The molecule has 0 unspecified atom stereocenters. The molecule has 0 saturated heterocycles. The second kappa shape index (κ2) is 5.29. The third-order valence-corrected chi connectivity index (χ3v) is 3.71. The highest BCUT2D eigenvalue weighted by molar-refractivity contribution is 5.99. The van der Waals surface area contributed by atoms with Crippen LogP contribution in [0.1, 0.15) is 36.0 Å². The molecule has 18 heavy (non-hydrogen) atoms. The Hall–Kier alpha value is -1.71. The summed E-state index contributed by atoms with van der Waals surface area (Å²) in [7, 11) is 2.00. The van der Waals surface area contributed by atoms with Crippen LogP contribution in [0.15, 0.2) is 18.2 Å². The third kappa shape index (κ3) is 2.75. The molecule has 2 rings (SSSR count). The van der Waals surface area contributed by atoms with Crippen molar-refractivity contribution in [1.82, 2.24) is 0 Å². The predicted octanol–water partition coefficient (Wildman–Crippen LogP) is 1.99. The standard InChI is InChI=1S/C14H21N3O/c1-17(9-10-4-2-3-5-10)13-8-11(15)6-7-12(13)14(16)18/h6-8,10H,2-5,9,15H2,1H3,(H2,16,18). The predicted molar refractivity (Wildman–Crippen MR) is 74.6 cm³/mol. The number of hydrogen-bond acceptors (Lipinski definition) is 3. The Morgan fingerprint density at radius 3 is 2.67 bits per heavy atom. The molecule has 1 fully saturated rings. The van der Waals surface area contributed by atoms with E-state index in [9.17, 15) is 4.79 Å². The van der Waals surface area contributed by atoms with Crippen molar-refractivity contribution in [3.05, 3.63) is 23.8 Å². The fourth-order valence-electron chi connectivity index (χ4n) is 2.75. The number of amides is 1. The summed E-state index contributed by atoms with van der Waals surface area (Å²) in [5.41, 5.74) is 13.2. The van der Waals surface area contributed by atoms with Crippen LogP contribution in [0.2, 0.25) is 0 Å². The molecule has 0 heterocycles. The summed E-state index contributed by atoms with van der Waals surface area (Å²) in [4.78, 5) is 13.5. The second-order valence-corrected chi connectivity index (χ2v) is 5.17. The normalized spacial score (nSPS) is 15.8. The molecule has 0 spiro atoms. The molecule has 0 aliphatic heterocycles. The van der Waals surface area contributed by atoms with Crippen molar-refractivity contribution < 1.29 is 4.79 Å². The van der Waals surface area contributed by atoms with Crippen molar-refractivity contribution in [2.45, 2.75) is 25.7 Å². The van der Waals surface area contributed by atoms with Gasteiger partial charge in [-0.05, 0) is 37.0 Å². The molecule has 1 amide bonds. The molecule has 1 aromatic carbocycles. The van der Waals surface area contributed by atoms with E-state index in [1.165, 1.54) is 25.7 Å². The van der Waals surface area contributed by atoms with Gasteiger partial charge in [-0.2, -0.15) is 0 Å². The zero-order valence-electron chi connectivity index (χ0n) is 10.9. The first-order chi connectivity index (χ1) is 8.58. The van der Waals surface area contributed by atoms with E-state index >= 15 is 0 Å². The van der Waals surface area contributed by atoms with Crippen LogP contribution in [0.4, 0.5) is 11.4 Å². The van der Waals surface area contributed by atoms with Crippen molar-refractivity contribution >= 4 is 17.3 Å². The van der Waals surface area contributed by atoms with E-state index in [0.29, 0.717) is 11.3 Å². The van der Waals surface area contributed by atoms with Gasteiger partial charge in [-0.3, -0.25) is 4.79 Å². The summed E-state index contributed by atoms with van der Waals surface area (Å²) in [6.45, 7) is 0.962. The summed E-state index contributed by atoms with van der Waals surface area (Å²) in [6.07, 6.45) is 5.19. The number of primary amides is 1. The maximum absolute atomic E-state index is 11.4. The molecule has 1 aliphatic carbocycles. The van der Waals surface area contributed by atoms with E-state index in [1.54, 1.807) is 12.1 Å². The van der Waals surface area contributed by atoms with Crippen LogP contribution in [-0.2, 0) is 0 Å². The van der Waals surface area contributed by atoms with Crippen molar-refractivity contribution in [2.75, 3.05) is 24.2 Å². The first-order valence-electron chi connectivity index (χ1n) is 6.48. The second-order valence-electron chi connectivity index (χ2n) is 5.17. The minimum atomic E-state index is -0.400. The van der Waals surface area contributed by atoms with Gasteiger partial charge in [0.1, 0.15) is 0 Å².